The smallest absolute Gasteiger partial charge is 0.407 e. The van der Waals surface area contributed by atoms with Gasteiger partial charge in [-0.15, -0.1) is 11.8 Å². The molecule has 1 saturated heterocycles. The van der Waals surface area contributed by atoms with Crippen LogP contribution >= 0.6 is 35.0 Å². The van der Waals surface area contributed by atoms with Gasteiger partial charge in [0.1, 0.15) is 0 Å². The molecule has 0 spiro atoms. The Bertz CT molecular complexity index is 383. The van der Waals surface area contributed by atoms with Crippen molar-refractivity contribution in [1.29, 1.82) is 0 Å². The van der Waals surface area contributed by atoms with Gasteiger partial charge in [-0.3, -0.25) is 0 Å². The van der Waals surface area contributed by atoms with Crippen LogP contribution in [-0.2, 0) is 9.31 Å². The molecule has 0 N–H and O–H groups in total. The lowest BCUT2D eigenvalue weighted by atomic mass is 9.78. The summed E-state index contributed by atoms with van der Waals surface area (Å²) in [5.41, 5.74) is 0.857. The molecule has 0 atom stereocenters. The molecule has 1 aromatic carbocycles. The first-order valence-corrected chi connectivity index (χ1v) is 6.97. The minimum atomic E-state index is -0.357. The second-order valence-corrected chi connectivity index (χ2v) is 5.01. The van der Waals surface area contributed by atoms with Gasteiger partial charge in [0.05, 0.1) is 10.0 Å². The number of rotatable bonds is 2. The lowest BCUT2D eigenvalue weighted by Gasteiger charge is -2.21. The minimum absolute atomic E-state index is 0.357. The van der Waals surface area contributed by atoms with Gasteiger partial charge < -0.3 is 9.31 Å². The molecule has 1 aliphatic heterocycles. The van der Waals surface area contributed by atoms with E-state index in [2.05, 4.69) is 0 Å². The van der Waals surface area contributed by atoms with Crippen LogP contribution in [0.1, 0.15) is 6.42 Å². The van der Waals surface area contributed by atoms with Gasteiger partial charge in [0.15, 0.2) is 0 Å². The van der Waals surface area contributed by atoms with Crippen molar-refractivity contribution in [2.24, 2.45) is 0 Å². The maximum atomic E-state index is 6.28. The summed E-state index contributed by atoms with van der Waals surface area (Å²) >= 11 is 13.9. The number of benzene rings is 1. The average molecular weight is 277 g/mol. The van der Waals surface area contributed by atoms with Crippen LogP contribution in [0.5, 0.6) is 0 Å². The fourth-order valence-corrected chi connectivity index (χ4v) is 3.07. The molecule has 0 amide bonds. The highest BCUT2D eigenvalue weighted by molar-refractivity contribution is 7.98. The summed E-state index contributed by atoms with van der Waals surface area (Å²) in [6, 6.07) is 3.69. The Kier molecular flexibility index (Phi) is 4.45. The van der Waals surface area contributed by atoms with Gasteiger partial charge in [0.2, 0.25) is 0 Å². The first kappa shape index (κ1) is 12.6. The van der Waals surface area contributed by atoms with Crippen LogP contribution in [0.2, 0.25) is 10.0 Å². The molecule has 1 aromatic rings. The van der Waals surface area contributed by atoms with Crippen molar-refractivity contribution in [2.75, 3.05) is 19.5 Å². The summed E-state index contributed by atoms with van der Waals surface area (Å²) in [6.07, 6.45) is 2.87. The van der Waals surface area contributed by atoms with Crippen molar-refractivity contribution in [3.63, 3.8) is 0 Å². The highest BCUT2D eigenvalue weighted by Crippen LogP contribution is 2.31. The molecule has 2 nitrogen and oxygen atoms in total. The predicted octanol–water partition coefficient (Wildman–Crippen LogP) is 2.85. The van der Waals surface area contributed by atoms with E-state index >= 15 is 0 Å². The zero-order chi connectivity index (χ0) is 11.5. The molecule has 0 aromatic heterocycles. The highest BCUT2D eigenvalue weighted by atomic mass is 35.5. The summed E-state index contributed by atoms with van der Waals surface area (Å²) in [6.45, 7) is 1.41. The van der Waals surface area contributed by atoms with Gasteiger partial charge in [0, 0.05) is 23.6 Å². The summed E-state index contributed by atoms with van der Waals surface area (Å²) < 4.78 is 11.1. The normalized spacial score (nSPS) is 16.6. The molecular formula is C10H11BCl2O2S. The first-order chi connectivity index (χ1) is 7.74. The maximum absolute atomic E-state index is 6.28. The van der Waals surface area contributed by atoms with Crippen molar-refractivity contribution in [2.45, 2.75) is 11.3 Å². The van der Waals surface area contributed by atoms with Gasteiger partial charge in [-0.2, -0.15) is 0 Å². The van der Waals surface area contributed by atoms with Gasteiger partial charge in [-0.1, -0.05) is 29.3 Å². The average Bonchev–Trinajstić information content (AvgIpc) is 2.31. The van der Waals surface area contributed by atoms with E-state index in [1.807, 2.05) is 18.4 Å². The van der Waals surface area contributed by atoms with Crippen LogP contribution in [0.4, 0.5) is 0 Å². The third-order valence-corrected chi connectivity index (χ3v) is 4.14. The van der Waals surface area contributed by atoms with E-state index in [4.69, 9.17) is 32.5 Å². The van der Waals surface area contributed by atoms with E-state index in [0.29, 0.717) is 23.3 Å². The topological polar surface area (TPSA) is 18.5 Å². The van der Waals surface area contributed by atoms with Crippen LogP contribution in [0.25, 0.3) is 0 Å². The Balaban J connectivity index is 2.33. The van der Waals surface area contributed by atoms with E-state index in [9.17, 15) is 0 Å². The maximum Gasteiger partial charge on any atom is 0.495 e. The SMILES string of the molecule is CSc1c(Cl)ccc(B2OCCCO2)c1Cl. The van der Waals surface area contributed by atoms with Crippen molar-refractivity contribution >= 4 is 47.5 Å². The second kappa shape index (κ2) is 5.65. The van der Waals surface area contributed by atoms with Crippen LogP contribution < -0.4 is 5.46 Å². The van der Waals surface area contributed by atoms with Gasteiger partial charge in [-0.25, -0.2) is 0 Å². The molecule has 0 radical (unpaired) electrons. The molecule has 6 heteroatoms. The van der Waals surface area contributed by atoms with Crippen molar-refractivity contribution in [3.05, 3.63) is 22.2 Å². The van der Waals surface area contributed by atoms with Gasteiger partial charge >= 0.3 is 7.12 Å². The van der Waals surface area contributed by atoms with Crippen LogP contribution in [-0.4, -0.2) is 26.6 Å². The highest BCUT2D eigenvalue weighted by Gasteiger charge is 2.28. The van der Waals surface area contributed by atoms with E-state index in [-0.39, 0.29) is 7.12 Å². The van der Waals surface area contributed by atoms with Crippen LogP contribution in [0.15, 0.2) is 17.0 Å². The zero-order valence-corrected chi connectivity index (χ0v) is 11.2. The standard InChI is InChI=1S/C10H11BCl2O2S/c1-16-10-8(12)4-3-7(9(10)13)11-14-5-2-6-15-11/h3-4H,2,5-6H2,1H3. The molecule has 1 heterocycles. The molecule has 1 fully saturated rings. The monoisotopic (exact) mass is 276 g/mol. The predicted molar refractivity (Wildman–Crippen MR) is 70.2 cm³/mol. The second-order valence-electron chi connectivity index (χ2n) is 3.41. The van der Waals surface area contributed by atoms with Crippen LogP contribution in [0, 0.1) is 0 Å². The summed E-state index contributed by atoms with van der Waals surface area (Å²) in [7, 11) is -0.357. The lowest BCUT2D eigenvalue weighted by Crippen LogP contribution is -2.41. The Morgan fingerprint density at radius 3 is 2.56 bits per heavy atom. The molecule has 0 aliphatic carbocycles. The van der Waals surface area contributed by atoms with Gasteiger partial charge in [0.25, 0.3) is 0 Å². The molecule has 0 saturated carbocycles. The largest absolute Gasteiger partial charge is 0.495 e. The third kappa shape index (κ3) is 2.52. The van der Waals surface area contributed by atoms with E-state index in [1.165, 1.54) is 11.8 Å². The van der Waals surface area contributed by atoms with Crippen molar-refractivity contribution in [1.82, 2.24) is 0 Å². The molecule has 16 heavy (non-hydrogen) atoms. The van der Waals surface area contributed by atoms with Crippen molar-refractivity contribution < 1.29 is 9.31 Å². The molecule has 0 unspecified atom stereocenters. The first-order valence-electron chi connectivity index (χ1n) is 4.99. The summed E-state index contributed by atoms with van der Waals surface area (Å²) in [5.74, 6) is 0. The van der Waals surface area contributed by atoms with Gasteiger partial charge in [-0.05, 0) is 18.7 Å². The zero-order valence-electron chi connectivity index (χ0n) is 8.83. The Labute approximate surface area is 110 Å². The number of thioether (sulfide) groups is 1. The number of halogens is 2. The lowest BCUT2D eigenvalue weighted by molar-refractivity contribution is 0.143. The molecule has 0 bridgehead atoms. The van der Waals surface area contributed by atoms with E-state index < -0.39 is 0 Å². The Morgan fingerprint density at radius 1 is 1.25 bits per heavy atom. The molecular weight excluding hydrogens is 266 g/mol. The summed E-state index contributed by atoms with van der Waals surface area (Å²) in [4.78, 5) is 0.874. The number of hydrogen-bond acceptors (Lipinski definition) is 3. The van der Waals surface area contributed by atoms with Crippen LogP contribution in [0.3, 0.4) is 0 Å². The Hall–Kier alpha value is 0.135. The quantitative estimate of drug-likeness (QED) is 0.611. The Morgan fingerprint density at radius 2 is 1.94 bits per heavy atom. The third-order valence-electron chi connectivity index (χ3n) is 2.36. The fourth-order valence-electron chi connectivity index (χ4n) is 1.58. The van der Waals surface area contributed by atoms with E-state index in [0.717, 1.165) is 16.8 Å². The number of hydrogen-bond donors (Lipinski definition) is 0. The van der Waals surface area contributed by atoms with Crippen molar-refractivity contribution in [3.8, 4) is 0 Å². The minimum Gasteiger partial charge on any atom is -0.407 e. The fraction of sp³-hybridized carbons (Fsp3) is 0.400. The van der Waals surface area contributed by atoms with E-state index in [1.54, 1.807) is 0 Å². The molecule has 2 rings (SSSR count). The summed E-state index contributed by atoms with van der Waals surface area (Å²) in [5, 5.41) is 1.30. The molecule has 86 valence electrons. The molecule has 1 aliphatic rings.